The van der Waals surface area contributed by atoms with Crippen LogP contribution in [0.4, 0.5) is 5.69 Å². The van der Waals surface area contributed by atoms with Gasteiger partial charge in [-0.25, -0.2) is 8.42 Å². The number of aryl methyl sites for hydroxylation is 1. The van der Waals surface area contributed by atoms with E-state index in [0.717, 1.165) is 0 Å². The molecule has 0 fully saturated rings. The Hall–Kier alpha value is -2.60. The molecule has 1 heterocycles. The van der Waals surface area contributed by atoms with Crippen molar-refractivity contribution in [1.29, 1.82) is 0 Å². The fourth-order valence-electron chi connectivity index (χ4n) is 2.45. The maximum atomic E-state index is 12.5. The molecule has 24 heavy (non-hydrogen) atoms. The molecule has 1 N–H and O–H groups in total. The summed E-state index contributed by atoms with van der Waals surface area (Å²) < 4.78 is 33.0. The van der Waals surface area contributed by atoms with Gasteiger partial charge in [-0.15, -0.1) is 0 Å². The number of anilines is 1. The van der Waals surface area contributed by atoms with E-state index in [0.29, 0.717) is 28.0 Å². The zero-order valence-electron chi connectivity index (χ0n) is 13.8. The quantitative estimate of drug-likeness (QED) is 0.624. The highest BCUT2D eigenvalue weighted by Crippen LogP contribution is 2.29. The van der Waals surface area contributed by atoms with Gasteiger partial charge in [-0.2, -0.15) is 0 Å². The first-order valence-corrected chi connectivity index (χ1v) is 8.80. The van der Waals surface area contributed by atoms with Crippen molar-refractivity contribution in [2.45, 2.75) is 20.8 Å². The highest BCUT2D eigenvalue weighted by atomic mass is 32.2. The largest absolute Gasteiger partial charge is 0.461 e. The molecule has 2 rings (SSSR count). The van der Waals surface area contributed by atoms with Gasteiger partial charge < -0.3 is 4.42 Å². The molecule has 0 aliphatic rings. The van der Waals surface area contributed by atoms with Crippen molar-refractivity contribution < 1.29 is 17.6 Å². The van der Waals surface area contributed by atoms with Gasteiger partial charge in [0.15, 0.2) is 5.78 Å². The minimum absolute atomic E-state index is 0.0928. The second kappa shape index (κ2) is 6.88. The standard InChI is InChI=1S/C18H19NO4S/c1-5-7-15(8-6-2)24(21,22)19-14-9-10-17-16(11-14)18(12(3)20)13(4)23-17/h5-11,19H,1H2,2-4H3/b8-6-,15-7+. The minimum Gasteiger partial charge on any atom is -0.461 e. The van der Waals surface area contributed by atoms with Gasteiger partial charge in [-0.3, -0.25) is 9.52 Å². The molecule has 0 spiro atoms. The molecule has 126 valence electrons. The van der Waals surface area contributed by atoms with Gasteiger partial charge in [0.1, 0.15) is 11.3 Å². The summed E-state index contributed by atoms with van der Waals surface area (Å²) in [4.78, 5) is 11.9. The van der Waals surface area contributed by atoms with Crippen molar-refractivity contribution in [3.05, 3.63) is 65.3 Å². The number of Topliss-reactive ketones (excluding diaryl/α,β-unsaturated/α-hetero) is 1. The van der Waals surface area contributed by atoms with E-state index in [1.807, 2.05) is 0 Å². The fraction of sp³-hybridized carbons (Fsp3) is 0.167. The van der Waals surface area contributed by atoms with Crippen molar-refractivity contribution in [2.75, 3.05) is 4.72 Å². The van der Waals surface area contributed by atoms with Crippen LogP contribution in [-0.2, 0) is 10.0 Å². The van der Waals surface area contributed by atoms with Crippen LogP contribution in [0.25, 0.3) is 11.0 Å². The number of furan rings is 1. The summed E-state index contributed by atoms with van der Waals surface area (Å²) in [5.41, 5.74) is 1.35. The SMILES string of the molecule is C=C/C=C(\C=C/C)S(=O)(=O)Nc1ccc2oc(C)c(C(C)=O)c2c1. The molecule has 0 aliphatic heterocycles. The summed E-state index contributed by atoms with van der Waals surface area (Å²) in [5, 5.41) is 0.584. The van der Waals surface area contributed by atoms with E-state index in [1.54, 1.807) is 38.1 Å². The van der Waals surface area contributed by atoms with Crippen LogP contribution in [-0.4, -0.2) is 14.2 Å². The lowest BCUT2D eigenvalue weighted by Gasteiger charge is -2.08. The molecular formula is C18H19NO4S. The molecule has 1 aromatic carbocycles. The Bertz CT molecular complexity index is 962. The van der Waals surface area contributed by atoms with Gasteiger partial charge in [0.2, 0.25) is 0 Å². The number of benzene rings is 1. The maximum Gasteiger partial charge on any atom is 0.261 e. The molecule has 0 unspecified atom stereocenters. The lowest BCUT2D eigenvalue weighted by atomic mass is 10.1. The third kappa shape index (κ3) is 3.49. The van der Waals surface area contributed by atoms with Crippen molar-refractivity contribution >= 4 is 32.5 Å². The average Bonchev–Trinajstić information content (AvgIpc) is 2.82. The van der Waals surface area contributed by atoms with E-state index >= 15 is 0 Å². The molecule has 0 saturated carbocycles. The number of fused-ring (bicyclic) bond motifs is 1. The number of allylic oxidation sites excluding steroid dienone is 4. The molecule has 0 aliphatic carbocycles. The summed E-state index contributed by atoms with van der Waals surface area (Å²) in [5.74, 6) is 0.381. The van der Waals surface area contributed by atoms with Gasteiger partial charge in [0, 0.05) is 11.1 Å². The predicted molar refractivity (Wildman–Crippen MR) is 96.6 cm³/mol. The number of carbonyl (C=O) groups is 1. The minimum atomic E-state index is -3.76. The van der Waals surface area contributed by atoms with Crippen LogP contribution in [0.15, 0.2) is 58.4 Å². The van der Waals surface area contributed by atoms with Gasteiger partial charge in [-0.1, -0.05) is 18.7 Å². The van der Waals surface area contributed by atoms with E-state index in [-0.39, 0.29) is 10.7 Å². The molecule has 2 aromatic rings. The van der Waals surface area contributed by atoms with Gasteiger partial charge >= 0.3 is 0 Å². The Kier molecular flexibility index (Phi) is 5.09. The first kappa shape index (κ1) is 17.7. The van der Waals surface area contributed by atoms with Crippen LogP contribution in [0.1, 0.15) is 30.0 Å². The summed E-state index contributed by atoms with van der Waals surface area (Å²) in [6, 6.07) is 4.83. The van der Waals surface area contributed by atoms with E-state index in [4.69, 9.17) is 4.42 Å². The number of rotatable bonds is 6. The second-order valence-corrected chi connectivity index (χ2v) is 6.89. The van der Waals surface area contributed by atoms with Gasteiger partial charge in [0.05, 0.1) is 10.5 Å². The van der Waals surface area contributed by atoms with Gasteiger partial charge in [0.25, 0.3) is 10.0 Å². The number of carbonyl (C=O) groups excluding carboxylic acids is 1. The molecule has 0 radical (unpaired) electrons. The summed E-state index contributed by atoms with van der Waals surface area (Å²) in [6.45, 7) is 8.41. The van der Waals surface area contributed by atoms with Crippen LogP contribution < -0.4 is 4.72 Å². The topological polar surface area (TPSA) is 76.4 Å². The number of ketones is 1. The molecule has 0 bridgehead atoms. The highest BCUT2D eigenvalue weighted by molar-refractivity contribution is 7.96. The molecular weight excluding hydrogens is 326 g/mol. The number of hydrogen-bond donors (Lipinski definition) is 1. The zero-order valence-corrected chi connectivity index (χ0v) is 14.6. The second-order valence-electron chi connectivity index (χ2n) is 5.21. The lowest BCUT2D eigenvalue weighted by molar-refractivity contribution is 0.101. The Morgan fingerprint density at radius 2 is 2.04 bits per heavy atom. The first-order valence-electron chi connectivity index (χ1n) is 7.32. The van der Waals surface area contributed by atoms with Crippen molar-refractivity contribution in [3.8, 4) is 0 Å². The van der Waals surface area contributed by atoms with Crippen LogP contribution in [0.3, 0.4) is 0 Å². The first-order chi connectivity index (χ1) is 11.3. The Morgan fingerprint density at radius 1 is 1.33 bits per heavy atom. The zero-order chi connectivity index (χ0) is 17.9. The summed E-state index contributed by atoms with van der Waals surface area (Å²) in [7, 11) is -3.76. The molecule has 5 nitrogen and oxygen atoms in total. The molecule has 0 saturated heterocycles. The van der Waals surface area contributed by atoms with E-state index in [9.17, 15) is 13.2 Å². The van der Waals surface area contributed by atoms with Crippen molar-refractivity contribution in [2.24, 2.45) is 0 Å². The van der Waals surface area contributed by atoms with Crippen molar-refractivity contribution in [1.82, 2.24) is 0 Å². The number of nitrogens with one attached hydrogen (secondary N) is 1. The smallest absolute Gasteiger partial charge is 0.261 e. The third-order valence-electron chi connectivity index (χ3n) is 3.39. The van der Waals surface area contributed by atoms with Crippen LogP contribution in [0.2, 0.25) is 0 Å². The van der Waals surface area contributed by atoms with E-state index in [2.05, 4.69) is 11.3 Å². The maximum absolute atomic E-state index is 12.5. The normalized spacial score (nSPS) is 12.7. The fourth-order valence-corrected chi connectivity index (χ4v) is 3.60. The Balaban J connectivity index is 2.50. The Morgan fingerprint density at radius 3 is 2.62 bits per heavy atom. The average molecular weight is 345 g/mol. The molecule has 6 heteroatoms. The van der Waals surface area contributed by atoms with Gasteiger partial charge in [-0.05, 0) is 51.1 Å². The third-order valence-corrected chi connectivity index (χ3v) is 4.79. The molecule has 1 aromatic heterocycles. The summed E-state index contributed by atoms with van der Waals surface area (Å²) >= 11 is 0. The van der Waals surface area contributed by atoms with Crippen LogP contribution in [0, 0.1) is 6.92 Å². The van der Waals surface area contributed by atoms with Crippen molar-refractivity contribution in [3.63, 3.8) is 0 Å². The summed E-state index contributed by atoms with van der Waals surface area (Å²) in [6.07, 6.45) is 5.92. The molecule has 0 amide bonds. The monoisotopic (exact) mass is 345 g/mol. The van der Waals surface area contributed by atoms with Crippen LogP contribution >= 0.6 is 0 Å². The van der Waals surface area contributed by atoms with Crippen LogP contribution in [0.5, 0.6) is 0 Å². The predicted octanol–water partition coefficient (Wildman–Crippen LogP) is 4.33. The van der Waals surface area contributed by atoms with E-state index in [1.165, 1.54) is 25.2 Å². The van der Waals surface area contributed by atoms with E-state index < -0.39 is 10.0 Å². The molecule has 0 atom stereocenters. The number of sulfonamides is 1. The number of hydrogen-bond acceptors (Lipinski definition) is 4. The Labute approximate surface area is 141 Å². The highest BCUT2D eigenvalue weighted by Gasteiger charge is 2.18. The lowest BCUT2D eigenvalue weighted by Crippen LogP contribution is -2.14.